The molecule has 1 aliphatic rings. The van der Waals surface area contributed by atoms with Gasteiger partial charge in [0.2, 0.25) is 5.70 Å². The maximum atomic E-state index is 9.97. The van der Waals surface area contributed by atoms with Crippen molar-refractivity contribution >= 4 is 0 Å². The van der Waals surface area contributed by atoms with E-state index in [9.17, 15) is 10.3 Å². The standard InChI is InChI=1S/C14H13N3O2/c1-16-13(14(18)11-6-7-11)12(17-19)10-4-2-9(8-15)3-5-10/h2-5,11-12,17-19H,6-7H2/b14-13-. The number of hydrogen-bond donors (Lipinski definition) is 3. The zero-order valence-corrected chi connectivity index (χ0v) is 10.2. The Hall–Kier alpha value is -2.34. The number of benzene rings is 1. The number of hydrogen-bond acceptors (Lipinski definition) is 4. The molecule has 96 valence electrons. The highest BCUT2D eigenvalue weighted by Crippen LogP contribution is 2.39. The predicted octanol–water partition coefficient (Wildman–Crippen LogP) is 2.68. The molecule has 2 rings (SSSR count). The number of rotatable bonds is 4. The van der Waals surface area contributed by atoms with Crippen LogP contribution in [0.2, 0.25) is 0 Å². The molecule has 0 amide bonds. The average molecular weight is 255 g/mol. The third-order valence-electron chi connectivity index (χ3n) is 3.12. The van der Waals surface area contributed by atoms with Crippen molar-refractivity contribution in [2.24, 2.45) is 5.92 Å². The monoisotopic (exact) mass is 255 g/mol. The Bertz CT molecular complexity index is 574. The number of nitrogens with zero attached hydrogens (tertiary/aromatic N) is 2. The molecule has 19 heavy (non-hydrogen) atoms. The van der Waals surface area contributed by atoms with Gasteiger partial charge < -0.3 is 10.3 Å². The van der Waals surface area contributed by atoms with Crippen LogP contribution in [0.3, 0.4) is 0 Å². The molecule has 0 bridgehead atoms. The lowest BCUT2D eigenvalue weighted by Gasteiger charge is -2.15. The Morgan fingerprint density at radius 3 is 2.47 bits per heavy atom. The van der Waals surface area contributed by atoms with E-state index in [0.29, 0.717) is 11.1 Å². The van der Waals surface area contributed by atoms with Crippen molar-refractivity contribution in [1.82, 2.24) is 5.48 Å². The molecule has 1 saturated carbocycles. The summed E-state index contributed by atoms with van der Waals surface area (Å²) in [5.74, 6) is 0.0873. The van der Waals surface area contributed by atoms with Crippen molar-refractivity contribution in [2.45, 2.75) is 18.9 Å². The van der Waals surface area contributed by atoms with Crippen LogP contribution in [0.5, 0.6) is 0 Å². The minimum absolute atomic E-state index is 0.0401. The number of allylic oxidation sites excluding steroid dienone is 1. The van der Waals surface area contributed by atoms with Crippen LogP contribution in [-0.4, -0.2) is 10.3 Å². The van der Waals surface area contributed by atoms with E-state index in [4.69, 9.17) is 11.8 Å². The Morgan fingerprint density at radius 2 is 2.05 bits per heavy atom. The van der Waals surface area contributed by atoms with E-state index in [2.05, 4.69) is 10.3 Å². The first-order chi connectivity index (χ1) is 9.21. The van der Waals surface area contributed by atoms with Crippen molar-refractivity contribution in [3.63, 3.8) is 0 Å². The summed E-state index contributed by atoms with van der Waals surface area (Å²) in [5, 5.41) is 28.0. The highest BCUT2D eigenvalue weighted by atomic mass is 16.5. The lowest BCUT2D eigenvalue weighted by molar-refractivity contribution is 0.138. The molecule has 1 atom stereocenters. The summed E-state index contributed by atoms with van der Waals surface area (Å²) in [6, 6.07) is 7.74. The van der Waals surface area contributed by atoms with Crippen LogP contribution in [0.15, 0.2) is 35.7 Å². The zero-order valence-electron chi connectivity index (χ0n) is 10.2. The topological polar surface area (TPSA) is 80.6 Å². The fraction of sp³-hybridized carbons (Fsp3) is 0.286. The Balaban J connectivity index is 2.35. The lowest BCUT2D eigenvalue weighted by atomic mass is 10.0. The molecular formula is C14H13N3O2. The predicted molar refractivity (Wildman–Crippen MR) is 67.8 cm³/mol. The fourth-order valence-electron chi connectivity index (χ4n) is 1.88. The molecule has 0 spiro atoms. The van der Waals surface area contributed by atoms with Gasteiger partial charge in [0.25, 0.3) is 0 Å². The number of hydroxylamine groups is 1. The molecule has 5 heteroatoms. The first-order valence-corrected chi connectivity index (χ1v) is 5.91. The van der Waals surface area contributed by atoms with Crippen molar-refractivity contribution in [3.05, 3.63) is 58.3 Å². The lowest BCUT2D eigenvalue weighted by Crippen LogP contribution is -2.19. The minimum Gasteiger partial charge on any atom is -0.523 e. The highest BCUT2D eigenvalue weighted by Gasteiger charge is 2.31. The van der Waals surface area contributed by atoms with Gasteiger partial charge in [-0.25, -0.2) is 10.3 Å². The van der Waals surface area contributed by atoms with E-state index >= 15 is 0 Å². The second kappa shape index (κ2) is 5.53. The van der Waals surface area contributed by atoms with Crippen LogP contribution in [0.1, 0.15) is 30.0 Å². The quantitative estimate of drug-likeness (QED) is 0.439. The molecule has 1 aromatic carbocycles. The van der Waals surface area contributed by atoms with E-state index in [-0.39, 0.29) is 17.4 Å². The van der Waals surface area contributed by atoms with Gasteiger partial charge in [-0.1, -0.05) is 12.1 Å². The molecule has 3 N–H and O–H groups in total. The second-order valence-corrected chi connectivity index (χ2v) is 4.45. The zero-order chi connectivity index (χ0) is 13.8. The number of nitriles is 1. The van der Waals surface area contributed by atoms with Crippen LogP contribution < -0.4 is 5.48 Å². The fourth-order valence-corrected chi connectivity index (χ4v) is 1.88. The third kappa shape index (κ3) is 2.74. The summed E-state index contributed by atoms with van der Waals surface area (Å²) in [6.45, 7) is 7.18. The van der Waals surface area contributed by atoms with Crippen molar-refractivity contribution in [1.29, 1.82) is 5.26 Å². The summed E-state index contributed by atoms with van der Waals surface area (Å²) in [5.41, 5.74) is 3.29. The van der Waals surface area contributed by atoms with E-state index in [1.807, 2.05) is 6.07 Å². The van der Waals surface area contributed by atoms with Gasteiger partial charge in [0, 0.05) is 5.92 Å². The van der Waals surface area contributed by atoms with Gasteiger partial charge in [-0.15, -0.1) is 0 Å². The average Bonchev–Trinajstić information content (AvgIpc) is 3.28. The van der Waals surface area contributed by atoms with Gasteiger partial charge in [0.05, 0.1) is 24.2 Å². The number of aliphatic hydroxyl groups excluding tert-OH is 1. The highest BCUT2D eigenvalue weighted by molar-refractivity contribution is 5.38. The van der Waals surface area contributed by atoms with Gasteiger partial charge in [-0.3, -0.25) is 0 Å². The molecule has 0 saturated heterocycles. The number of nitrogens with one attached hydrogen (secondary N) is 1. The van der Waals surface area contributed by atoms with Crippen molar-refractivity contribution in [2.75, 3.05) is 0 Å². The maximum Gasteiger partial charge on any atom is 0.225 e. The molecule has 1 aliphatic carbocycles. The smallest absolute Gasteiger partial charge is 0.225 e. The summed E-state index contributed by atoms with van der Waals surface area (Å²) in [4.78, 5) is 3.33. The molecule has 0 aromatic heterocycles. The summed E-state index contributed by atoms with van der Waals surface area (Å²) >= 11 is 0. The molecule has 5 nitrogen and oxygen atoms in total. The van der Waals surface area contributed by atoms with Crippen LogP contribution in [0.4, 0.5) is 0 Å². The Morgan fingerprint density at radius 1 is 1.42 bits per heavy atom. The van der Waals surface area contributed by atoms with E-state index in [1.54, 1.807) is 24.3 Å². The number of aliphatic hydroxyl groups is 1. The summed E-state index contributed by atoms with van der Waals surface area (Å²) < 4.78 is 0. The van der Waals surface area contributed by atoms with Gasteiger partial charge in [0.15, 0.2) is 0 Å². The third-order valence-corrected chi connectivity index (χ3v) is 3.12. The van der Waals surface area contributed by atoms with Gasteiger partial charge in [-0.05, 0) is 30.5 Å². The normalized spacial score (nSPS) is 17.0. The van der Waals surface area contributed by atoms with E-state index in [1.165, 1.54) is 0 Å². The largest absolute Gasteiger partial charge is 0.523 e. The molecule has 0 radical (unpaired) electrons. The van der Waals surface area contributed by atoms with Crippen LogP contribution in [-0.2, 0) is 0 Å². The van der Waals surface area contributed by atoms with Gasteiger partial charge in [0.1, 0.15) is 5.76 Å². The second-order valence-electron chi connectivity index (χ2n) is 4.45. The van der Waals surface area contributed by atoms with Crippen molar-refractivity contribution < 1.29 is 10.3 Å². The SMILES string of the molecule is [C-]#[N+]/C(=C(\O)C1CC1)C(NO)c1ccc(C#N)cc1. The van der Waals surface area contributed by atoms with Crippen molar-refractivity contribution in [3.8, 4) is 6.07 Å². The molecular weight excluding hydrogens is 242 g/mol. The Labute approximate surface area is 111 Å². The maximum absolute atomic E-state index is 9.97. The van der Waals surface area contributed by atoms with Gasteiger partial charge in [-0.2, -0.15) is 5.26 Å². The summed E-state index contributed by atoms with van der Waals surface area (Å²) in [7, 11) is 0. The van der Waals surface area contributed by atoms with Crippen LogP contribution in [0.25, 0.3) is 4.85 Å². The first-order valence-electron chi connectivity index (χ1n) is 5.91. The molecule has 0 aliphatic heterocycles. The molecule has 0 heterocycles. The van der Waals surface area contributed by atoms with E-state index < -0.39 is 6.04 Å². The molecule has 1 fully saturated rings. The summed E-state index contributed by atoms with van der Waals surface area (Å²) in [6.07, 6.45) is 1.74. The minimum atomic E-state index is -0.772. The Kier molecular flexibility index (Phi) is 3.82. The molecule has 1 aromatic rings. The molecule has 1 unspecified atom stereocenters. The van der Waals surface area contributed by atoms with E-state index in [0.717, 1.165) is 12.8 Å². The first kappa shape index (κ1) is 13.1. The van der Waals surface area contributed by atoms with Gasteiger partial charge >= 0.3 is 0 Å². The van der Waals surface area contributed by atoms with Crippen LogP contribution in [0, 0.1) is 23.8 Å². The van der Waals surface area contributed by atoms with Crippen LogP contribution >= 0.6 is 0 Å².